The maximum atomic E-state index is 5.77. The van der Waals surface area contributed by atoms with Crippen molar-refractivity contribution in [1.82, 2.24) is 5.32 Å². The van der Waals surface area contributed by atoms with Crippen molar-refractivity contribution in [3.63, 3.8) is 0 Å². The zero-order valence-corrected chi connectivity index (χ0v) is 9.33. The second-order valence-corrected chi connectivity index (χ2v) is 5.01. The predicted octanol–water partition coefficient (Wildman–Crippen LogP) is 2.68. The van der Waals surface area contributed by atoms with Gasteiger partial charge in [-0.2, -0.15) is 0 Å². The Morgan fingerprint density at radius 2 is 2.07 bits per heavy atom. The number of rotatable bonds is 4. The molecule has 0 fully saturated rings. The lowest BCUT2D eigenvalue weighted by Gasteiger charge is -2.01. The van der Waals surface area contributed by atoms with Crippen molar-refractivity contribution in [3.05, 3.63) is 38.7 Å². The second-order valence-electron chi connectivity index (χ2n) is 2.98. The highest BCUT2D eigenvalue weighted by molar-refractivity contribution is 7.10. The van der Waals surface area contributed by atoms with Gasteiger partial charge in [0.1, 0.15) is 0 Å². The number of anilines is 1. The number of hydrogen-bond donors (Lipinski definition) is 2. The quantitative estimate of drug-likeness (QED) is 0.838. The molecule has 2 rings (SSSR count). The maximum absolute atomic E-state index is 5.77. The first-order valence-electron chi connectivity index (χ1n) is 4.41. The Balaban J connectivity index is 1.81. The summed E-state index contributed by atoms with van der Waals surface area (Å²) < 4.78 is 0. The molecule has 2 heterocycles. The highest BCUT2D eigenvalue weighted by atomic mass is 32.1. The lowest BCUT2D eigenvalue weighted by atomic mass is 10.4. The first kappa shape index (κ1) is 9.71. The van der Waals surface area contributed by atoms with Crippen LogP contribution in [0.1, 0.15) is 9.75 Å². The number of nitrogens with two attached hydrogens (primary N) is 1. The average Bonchev–Trinajstić information content (AvgIpc) is 2.78. The third-order valence-corrected chi connectivity index (χ3v) is 3.76. The van der Waals surface area contributed by atoms with E-state index in [9.17, 15) is 0 Å². The van der Waals surface area contributed by atoms with Crippen molar-refractivity contribution >= 4 is 28.4 Å². The molecule has 0 aliphatic carbocycles. The third kappa shape index (κ3) is 2.35. The van der Waals surface area contributed by atoms with E-state index in [0.717, 1.165) is 18.8 Å². The molecule has 0 atom stereocenters. The van der Waals surface area contributed by atoms with E-state index >= 15 is 0 Å². The zero-order valence-electron chi connectivity index (χ0n) is 7.69. The summed E-state index contributed by atoms with van der Waals surface area (Å²) in [5, 5.41) is 7.49. The average molecular weight is 224 g/mol. The van der Waals surface area contributed by atoms with Gasteiger partial charge in [0.05, 0.1) is 0 Å². The van der Waals surface area contributed by atoms with E-state index < -0.39 is 0 Å². The topological polar surface area (TPSA) is 38.0 Å². The summed E-state index contributed by atoms with van der Waals surface area (Å²) in [5.41, 5.74) is 6.67. The minimum absolute atomic E-state index is 0.863. The first-order valence-corrected chi connectivity index (χ1v) is 6.17. The van der Waals surface area contributed by atoms with Gasteiger partial charge >= 0.3 is 0 Å². The molecule has 0 radical (unpaired) electrons. The molecule has 0 bridgehead atoms. The summed E-state index contributed by atoms with van der Waals surface area (Å²) in [6.45, 7) is 1.79. The van der Waals surface area contributed by atoms with Crippen LogP contribution in [0.5, 0.6) is 0 Å². The van der Waals surface area contributed by atoms with Gasteiger partial charge in [-0.05, 0) is 22.9 Å². The van der Waals surface area contributed by atoms with Gasteiger partial charge < -0.3 is 11.1 Å². The molecule has 2 aromatic heterocycles. The molecule has 2 aromatic rings. The molecule has 14 heavy (non-hydrogen) atoms. The summed E-state index contributed by atoms with van der Waals surface area (Å²) >= 11 is 3.48. The second kappa shape index (κ2) is 4.59. The van der Waals surface area contributed by atoms with Crippen molar-refractivity contribution in [2.24, 2.45) is 0 Å². The van der Waals surface area contributed by atoms with E-state index in [1.54, 1.807) is 22.7 Å². The Hall–Kier alpha value is -0.840. The van der Waals surface area contributed by atoms with Gasteiger partial charge in [-0.15, -0.1) is 22.7 Å². The Labute approximate surface area is 91.4 Å². The summed E-state index contributed by atoms with van der Waals surface area (Å²) in [5.74, 6) is 0. The standard InChI is InChI=1S/C10H12N2S2/c11-9-3-5-14-10(9)7-12-6-8-2-1-4-13-8/h1-5,12H,6-7,11H2. The molecular formula is C10H12N2S2. The fourth-order valence-corrected chi connectivity index (χ4v) is 2.65. The first-order chi connectivity index (χ1) is 6.86. The van der Waals surface area contributed by atoms with Crippen LogP contribution in [0.3, 0.4) is 0 Å². The van der Waals surface area contributed by atoms with Crippen LogP contribution in [0.4, 0.5) is 5.69 Å². The van der Waals surface area contributed by atoms with Gasteiger partial charge in [0, 0.05) is 28.5 Å². The van der Waals surface area contributed by atoms with E-state index in [2.05, 4.69) is 22.8 Å². The van der Waals surface area contributed by atoms with Crippen LogP contribution in [0.2, 0.25) is 0 Å². The Morgan fingerprint density at radius 1 is 1.14 bits per heavy atom. The monoisotopic (exact) mass is 224 g/mol. The lowest BCUT2D eigenvalue weighted by molar-refractivity contribution is 0.710. The van der Waals surface area contributed by atoms with Crippen molar-refractivity contribution in [2.45, 2.75) is 13.1 Å². The molecule has 0 aliphatic rings. The lowest BCUT2D eigenvalue weighted by Crippen LogP contribution is -2.11. The summed E-state index contributed by atoms with van der Waals surface area (Å²) in [6.07, 6.45) is 0. The predicted molar refractivity (Wildman–Crippen MR) is 63.6 cm³/mol. The largest absolute Gasteiger partial charge is 0.398 e. The molecule has 0 amide bonds. The Bertz CT molecular complexity index is 378. The van der Waals surface area contributed by atoms with Crippen LogP contribution >= 0.6 is 22.7 Å². The van der Waals surface area contributed by atoms with E-state index in [1.165, 1.54) is 9.75 Å². The SMILES string of the molecule is Nc1ccsc1CNCc1cccs1. The molecule has 0 aromatic carbocycles. The molecule has 0 spiro atoms. The van der Waals surface area contributed by atoms with E-state index in [-0.39, 0.29) is 0 Å². The molecule has 0 saturated heterocycles. The van der Waals surface area contributed by atoms with Crippen molar-refractivity contribution in [1.29, 1.82) is 0 Å². The van der Waals surface area contributed by atoms with E-state index in [4.69, 9.17) is 5.73 Å². The summed E-state index contributed by atoms with van der Waals surface area (Å²) in [7, 11) is 0. The molecular weight excluding hydrogens is 212 g/mol. The Morgan fingerprint density at radius 3 is 2.71 bits per heavy atom. The summed E-state index contributed by atoms with van der Waals surface area (Å²) in [6, 6.07) is 6.16. The summed E-state index contributed by atoms with van der Waals surface area (Å²) in [4.78, 5) is 2.58. The zero-order chi connectivity index (χ0) is 9.80. The minimum Gasteiger partial charge on any atom is -0.398 e. The van der Waals surface area contributed by atoms with Crippen LogP contribution < -0.4 is 11.1 Å². The number of nitrogen functional groups attached to an aromatic ring is 1. The molecule has 0 aliphatic heterocycles. The number of thiophene rings is 2. The smallest absolute Gasteiger partial charge is 0.0468 e. The maximum Gasteiger partial charge on any atom is 0.0468 e. The fourth-order valence-electron chi connectivity index (χ4n) is 1.21. The van der Waals surface area contributed by atoms with Gasteiger partial charge in [0.15, 0.2) is 0 Å². The van der Waals surface area contributed by atoms with Gasteiger partial charge in [-0.25, -0.2) is 0 Å². The minimum atomic E-state index is 0.863. The van der Waals surface area contributed by atoms with Gasteiger partial charge in [-0.1, -0.05) is 6.07 Å². The van der Waals surface area contributed by atoms with Crippen LogP contribution in [0.25, 0.3) is 0 Å². The third-order valence-electron chi connectivity index (χ3n) is 1.94. The van der Waals surface area contributed by atoms with Crippen LogP contribution in [-0.2, 0) is 13.1 Å². The van der Waals surface area contributed by atoms with Crippen molar-refractivity contribution < 1.29 is 0 Å². The highest BCUT2D eigenvalue weighted by Gasteiger charge is 1.99. The fraction of sp³-hybridized carbons (Fsp3) is 0.200. The van der Waals surface area contributed by atoms with Crippen LogP contribution in [0.15, 0.2) is 29.0 Å². The normalized spacial score (nSPS) is 10.6. The molecule has 4 heteroatoms. The van der Waals surface area contributed by atoms with Crippen LogP contribution in [0, 0.1) is 0 Å². The van der Waals surface area contributed by atoms with Gasteiger partial charge in [-0.3, -0.25) is 0 Å². The van der Waals surface area contributed by atoms with E-state index in [1.807, 2.05) is 11.4 Å². The number of hydrogen-bond acceptors (Lipinski definition) is 4. The highest BCUT2D eigenvalue weighted by Crippen LogP contribution is 2.18. The van der Waals surface area contributed by atoms with Crippen molar-refractivity contribution in [2.75, 3.05) is 5.73 Å². The number of nitrogens with one attached hydrogen (secondary N) is 1. The van der Waals surface area contributed by atoms with Gasteiger partial charge in [0.2, 0.25) is 0 Å². The van der Waals surface area contributed by atoms with Crippen LogP contribution in [-0.4, -0.2) is 0 Å². The molecule has 74 valence electrons. The van der Waals surface area contributed by atoms with Crippen molar-refractivity contribution in [3.8, 4) is 0 Å². The molecule has 0 unspecified atom stereocenters. The van der Waals surface area contributed by atoms with Gasteiger partial charge in [0.25, 0.3) is 0 Å². The Kier molecular flexibility index (Phi) is 3.18. The van der Waals surface area contributed by atoms with E-state index in [0.29, 0.717) is 0 Å². The molecule has 3 N–H and O–H groups in total. The molecule has 0 saturated carbocycles. The molecule has 2 nitrogen and oxygen atoms in total.